The van der Waals surface area contributed by atoms with E-state index in [1.807, 2.05) is 23.5 Å². The number of para-hydroxylation sites is 3. The molecule has 0 bridgehead atoms. The van der Waals surface area contributed by atoms with Crippen LogP contribution in [0.1, 0.15) is 11.3 Å². The summed E-state index contributed by atoms with van der Waals surface area (Å²) < 4.78 is 7.36. The predicted molar refractivity (Wildman–Crippen MR) is 263 cm³/mol. The third-order valence-corrected chi connectivity index (χ3v) is 13.2. The van der Waals surface area contributed by atoms with Crippen LogP contribution in [0.3, 0.4) is 0 Å². The van der Waals surface area contributed by atoms with Crippen molar-refractivity contribution in [1.82, 2.24) is 9.13 Å². The average molecular weight is 800 g/mol. The Bertz CT molecular complexity index is 3350. The normalized spacial score (nSPS) is 11.7. The van der Waals surface area contributed by atoms with Gasteiger partial charge in [0.1, 0.15) is 0 Å². The van der Waals surface area contributed by atoms with Crippen molar-refractivity contribution in [3.63, 3.8) is 0 Å². The Morgan fingerprint density at radius 3 is 1.59 bits per heavy atom. The van der Waals surface area contributed by atoms with Gasteiger partial charge in [-0.05, 0) is 102 Å². The maximum absolute atomic E-state index is 3.96. The number of hydrogen-bond donors (Lipinski definition) is 0. The summed E-state index contributed by atoms with van der Waals surface area (Å²) in [5, 5.41) is 3.78. The van der Waals surface area contributed by atoms with Crippen LogP contribution in [-0.4, -0.2) is 9.13 Å². The molecule has 11 rings (SSSR count). The van der Waals surface area contributed by atoms with Gasteiger partial charge in [0.05, 0.1) is 21.3 Å². The second kappa shape index (κ2) is 15.2. The highest BCUT2D eigenvalue weighted by atomic mass is 32.1. The van der Waals surface area contributed by atoms with Crippen LogP contribution in [0.4, 0.5) is 17.1 Å². The van der Waals surface area contributed by atoms with E-state index >= 15 is 0 Å². The van der Waals surface area contributed by atoms with Crippen LogP contribution in [0.5, 0.6) is 0 Å². The van der Waals surface area contributed by atoms with Gasteiger partial charge in [-0.2, -0.15) is 0 Å². The number of aromatic nitrogens is 2. The number of rotatable bonds is 9. The molecular weight excluding hydrogens is 759 g/mol. The van der Waals surface area contributed by atoms with Crippen molar-refractivity contribution in [2.75, 3.05) is 4.90 Å². The quantitative estimate of drug-likeness (QED) is 0.133. The Morgan fingerprint density at radius 1 is 0.459 bits per heavy atom. The SMILES string of the molecule is C=C/C=C\c1c(C)n(-c2ccccc2)c2c1sc1c(-c3ccc(N(c4ccc(-c5ccccc5)cc4)c4ccc(-n5c6ccccc6c6ccccc65)cc4)cc3)cccc12. The molecule has 0 radical (unpaired) electrons. The molecule has 0 fully saturated rings. The summed E-state index contributed by atoms with van der Waals surface area (Å²) in [6.45, 7) is 6.18. The van der Waals surface area contributed by atoms with E-state index in [9.17, 15) is 0 Å². The number of thiophene rings is 1. The molecule has 0 atom stereocenters. The molecule has 0 unspecified atom stereocenters. The number of anilines is 3. The largest absolute Gasteiger partial charge is 0.312 e. The molecule has 3 nitrogen and oxygen atoms in total. The molecular formula is C57H41N3S. The van der Waals surface area contributed by atoms with Crippen molar-refractivity contribution in [3.8, 4) is 33.6 Å². The molecule has 290 valence electrons. The van der Waals surface area contributed by atoms with Crippen LogP contribution in [0.15, 0.2) is 219 Å². The lowest BCUT2D eigenvalue weighted by Crippen LogP contribution is -2.10. The van der Waals surface area contributed by atoms with Crippen LogP contribution < -0.4 is 4.90 Å². The standard InChI is InChI=1S/C57H41N3S/c1-3-4-20-48-39(2)58(43-18-9-6-10-19-43)55-52-24-15-23-49(56(52)61-57(48)55)42-29-33-45(34-30-42)59(44-31-27-41(28-32-44)40-16-7-5-8-17-40)46-35-37-47(38-36-46)60-53-25-13-11-21-50(53)51-22-12-14-26-54(51)60/h3-38H,1H2,2H3/b20-4-. The third kappa shape index (κ3) is 6.19. The Hall–Kier alpha value is -7.66. The average Bonchev–Trinajstić information content (AvgIpc) is 3.96. The summed E-state index contributed by atoms with van der Waals surface area (Å²) in [4.78, 5) is 2.36. The van der Waals surface area contributed by atoms with E-state index < -0.39 is 0 Å². The van der Waals surface area contributed by atoms with E-state index in [0.717, 1.165) is 28.4 Å². The minimum Gasteiger partial charge on any atom is -0.312 e. The summed E-state index contributed by atoms with van der Waals surface area (Å²) in [5.41, 5.74) is 16.5. The van der Waals surface area contributed by atoms with Crippen LogP contribution >= 0.6 is 11.3 Å². The Kier molecular flexibility index (Phi) is 9.06. The first-order valence-electron chi connectivity index (χ1n) is 20.7. The summed E-state index contributed by atoms with van der Waals surface area (Å²) in [5.74, 6) is 0. The lowest BCUT2D eigenvalue weighted by Gasteiger charge is -2.26. The summed E-state index contributed by atoms with van der Waals surface area (Å²) >= 11 is 1.88. The fourth-order valence-corrected chi connectivity index (χ4v) is 10.5. The highest BCUT2D eigenvalue weighted by Gasteiger charge is 2.22. The molecule has 0 amide bonds. The van der Waals surface area contributed by atoms with Crippen LogP contribution in [0.2, 0.25) is 0 Å². The minimum absolute atomic E-state index is 1.09. The highest BCUT2D eigenvalue weighted by Crippen LogP contribution is 2.46. The van der Waals surface area contributed by atoms with Crippen LogP contribution in [0, 0.1) is 6.92 Å². The van der Waals surface area contributed by atoms with E-state index in [0.29, 0.717) is 0 Å². The predicted octanol–water partition coefficient (Wildman–Crippen LogP) is 16.3. The van der Waals surface area contributed by atoms with Crippen molar-refractivity contribution < 1.29 is 0 Å². The highest BCUT2D eigenvalue weighted by molar-refractivity contribution is 7.26. The smallest absolute Gasteiger partial charge is 0.0724 e. The fourth-order valence-electron chi connectivity index (χ4n) is 9.07. The first-order valence-corrected chi connectivity index (χ1v) is 21.5. The third-order valence-electron chi connectivity index (χ3n) is 11.9. The van der Waals surface area contributed by atoms with Gasteiger partial charge in [0.15, 0.2) is 0 Å². The maximum atomic E-state index is 3.96. The van der Waals surface area contributed by atoms with E-state index in [1.165, 1.54) is 75.6 Å². The maximum Gasteiger partial charge on any atom is 0.0724 e. The molecule has 3 aromatic heterocycles. The molecule has 8 aromatic carbocycles. The number of hydrogen-bond acceptors (Lipinski definition) is 2. The van der Waals surface area contributed by atoms with E-state index in [4.69, 9.17) is 0 Å². The zero-order valence-electron chi connectivity index (χ0n) is 33.7. The molecule has 0 spiro atoms. The van der Waals surface area contributed by atoms with Gasteiger partial charge in [-0.3, -0.25) is 0 Å². The molecule has 0 aliphatic carbocycles. The second-order valence-corrected chi connectivity index (χ2v) is 16.4. The molecule has 0 N–H and O–H groups in total. The topological polar surface area (TPSA) is 13.1 Å². The summed E-state index contributed by atoms with van der Waals surface area (Å²) in [6, 6.07) is 72.4. The lowest BCUT2D eigenvalue weighted by atomic mass is 10.0. The molecule has 11 aromatic rings. The van der Waals surface area contributed by atoms with Gasteiger partial charge in [-0.1, -0.05) is 152 Å². The van der Waals surface area contributed by atoms with Crippen molar-refractivity contribution in [3.05, 3.63) is 230 Å². The first kappa shape index (κ1) is 36.4. The monoisotopic (exact) mass is 799 g/mol. The van der Waals surface area contributed by atoms with E-state index in [1.54, 1.807) is 0 Å². The van der Waals surface area contributed by atoms with Gasteiger partial charge in [0.2, 0.25) is 0 Å². The zero-order chi connectivity index (χ0) is 40.9. The van der Waals surface area contributed by atoms with Gasteiger partial charge in [0.25, 0.3) is 0 Å². The molecule has 0 aliphatic rings. The van der Waals surface area contributed by atoms with Gasteiger partial charge in [-0.15, -0.1) is 11.3 Å². The Morgan fingerprint density at radius 2 is 0.967 bits per heavy atom. The van der Waals surface area contributed by atoms with Crippen molar-refractivity contribution in [2.24, 2.45) is 0 Å². The van der Waals surface area contributed by atoms with Crippen LogP contribution in [-0.2, 0) is 0 Å². The zero-order valence-corrected chi connectivity index (χ0v) is 34.6. The van der Waals surface area contributed by atoms with Gasteiger partial charge in [-0.25, -0.2) is 0 Å². The van der Waals surface area contributed by atoms with Crippen LogP contribution in [0.25, 0.3) is 81.8 Å². The van der Waals surface area contributed by atoms with Crippen molar-refractivity contribution in [2.45, 2.75) is 6.92 Å². The Balaban J connectivity index is 1.02. The molecule has 61 heavy (non-hydrogen) atoms. The second-order valence-electron chi connectivity index (χ2n) is 15.4. The summed E-state index contributed by atoms with van der Waals surface area (Å²) in [7, 11) is 0. The molecule has 4 heteroatoms. The molecule has 0 saturated carbocycles. The number of allylic oxidation sites excluding steroid dienone is 2. The van der Waals surface area contributed by atoms with E-state index in [2.05, 4.69) is 234 Å². The lowest BCUT2D eigenvalue weighted by molar-refractivity contribution is 1.05. The van der Waals surface area contributed by atoms with E-state index in [-0.39, 0.29) is 0 Å². The van der Waals surface area contributed by atoms with Crippen molar-refractivity contribution >= 4 is 76.6 Å². The van der Waals surface area contributed by atoms with Crippen molar-refractivity contribution in [1.29, 1.82) is 0 Å². The fraction of sp³-hybridized carbons (Fsp3) is 0.0175. The number of fused-ring (bicyclic) bond motifs is 6. The number of benzene rings is 8. The molecule has 0 saturated heterocycles. The minimum atomic E-state index is 1.09. The number of nitrogens with zero attached hydrogens (tertiary/aromatic N) is 3. The Labute approximate surface area is 359 Å². The first-order chi connectivity index (χ1) is 30.2. The molecule has 3 heterocycles. The van der Waals surface area contributed by atoms with Gasteiger partial charge >= 0.3 is 0 Å². The summed E-state index contributed by atoms with van der Waals surface area (Å²) in [6.07, 6.45) is 6.09. The van der Waals surface area contributed by atoms with Gasteiger partial charge < -0.3 is 14.0 Å². The molecule has 0 aliphatic heterocycles. The van der Waals surface area contributed by atoms with Gasteiger partial charge in [0, 0.05) is 60.6 Å².